The molecule has 1 heterocycles. The van der Waals surface area contributed by atoms with E-state index in [-0.39, 0.29) is 28.3 Å². The van der Waals surface area contributed by atoms with Crippen molar-refractivity contribution in [2.45, 2.75) is 13.8 Å². The highest BCUT2D eigenvalue weighted by molar-refractivity contribution is 7.94. The first-order chi connectivity index (χ1) is 13.4. The molecule has 9 nitrogen and oxygen atoms in total. The molecule has 0 aromatic heterocycles. The number of hydrogen-bond donors (Lipinski definition) is 3. The molecule has 0 radical (unpaired) electrons. The number of aromatic carboxylic acids is 1. The Bertz CT molecular complexity index is 1120. The minimum atomic E-state index is -3.79. The Balaban J connectivity index is 1.82. The Labute approximate surface area is 166 Å². The standard InChI is InChI=1S/C19H18N2O7S/c1-19(2)10-29(27,28)21(18(19)26)13-6-3-11(4-7-13)16(23)20-12-5-8-15(22)14(9-12)17(24)25/h3-9,22H,10H2,1-2H3,(H,20,23)(H,24,25). The summed E-state index contributed by atoms with van der Waals surface area (Å²) >= 11 is 0. The zero-order valence-corrected chi connectivity index (χ0v) is 16.4. The minimum absolute atomic E-state index is 0.134. The van der Waals surface area contributed by atoms with Crippen molar-refractivity contribution >= 4 is 39.2 Å². The summed E-state index contributed by atoms with van der Waals surface area (Å²) in [4.78, 5) is 35.9. The summed E-state index contributed by atoms with van der Waals surface area (Å²) in [5.41, 5.74) is -0.931. The van der Waals surface area contributed by atoms with Gasteiger partial charge in [0.2, 0.25) is 15.9 Å². The number of nitrogens with one attached hydrogen (secondary N) is 1. The van der Waals surface area contributed by atoms with Crippen molar-refractivity contribution in [2.75, 3.05) is 15.4 Å². The third-order valence-electron chi connectivity index (χ3n) is 4.43. The highest BCUT2D eigenvalue weighted by Gasteiger charge is 2.49. The predicted octanol–water partition coefficient (Wildman–Crippen LogP) is 2.05. The van der Waals surface area contributed by atoms with Gasteiger partial charge in [-0.1, -0.05) is 0 Å². The number of carbonyl (C=O) groups excluding carboxylic acids is 2. The first-order valence-electron chi connectivity index (χ1n) is 8.47. The first-order valence-corrected chi connectivity index (χ1v) is 10.1. The lowest BCUT2D eigenvalue weighted by molar-refractivity contribution is -0.123. The van der Waals surface area contributed by atoms with Gasteiger partial charge in [-0.2, -0.15) is 0 Å². The van der Waals surface area contributed by atoms with E-state index in [4.69, 9.17) is 5.11 Å². The highest BCUT2D eigenvalue weighted by atomic mass is 32.2. The molecule has 0 aliphatic carbocycles. The lowest BCUT2D eigenvalue weighted by Gasteiger charge is -2.17. The second-order valence-electron chi connectivity index (χ2n) is 7.25. The normalized spacial score (nSPS) is 17.2. The fourth-order valence-corrected chi connectivity index (χ4v) is 5.11. The molecule has 3 rings (SSSR count). The van der Waals surface area contributed by atoms with E-state index in [1.807, 2.05) is 0 Å². The third kappa shape index (κ3) is 3.79. The molecule has 1 aliphatic rings. The first kappa shape index (κ1) is 20.3. The maximum absolute atomic E-state index is 12.4. The number of aromatic hydroxyl groups is 1. The Morgan fingerprint density at radius 3 is 2.24 bits per heavy atom. The molecule has 0 saturated carbocycles. The molecular formula is C19H18N2O7S. The number of benzene rings is 2. The molecule has 29 heavy (non-hydrogen) atoms. The number of sulfonamides is 1. The van der Waals surface area contributed by atoms with E-state index in [2.05, 4.69) is 5.32 Å². The molecule has 1 fully saturated rings. The van der Waals surface area contributed by atoms with Gasteiger partial charge in [-0.3, -0.25) is 9.59 Å². The van der Waals surface area contributed by atoms with Crippen molar-refractivity contribution in [1.82, 2.24) is 0 Å². The van der Waals surface area contributed by atoms with Crippen LogP contribution in [0.2, 0.25) is 0 Å². The quantitative estimate of drug-likeness (QED) is 0.645. The molecule has 0 atom stereocenters. The van der Waals surface area contributed by atoms with E-state index in [1.165, 1.54) is 30.3 Å². The third-order valence-corrected chi connectivity index (χ3v) is 6.45. The van der Waals surface area contributed by atoms with Crippen LogP contribution in [0.3, 0.4) is 0 Å². The van der Waals surface area contributed by atoms with Crippen molar-refractivity contribution < 1.29 is 33.0 Å². The Morgan fingerprint density at radius 1 is 1.10 bits per heavy atom. The van der Waals surface area contributed by atoms with E-state index >= 15 is 0 Å². The van der Waals surface area contributed by atoms with Crippen LogP contribution in [0.15, 0.2) is 42.5 Å². The number of hydrogen-bond acceptors (Lipinski definition) is 6. The lowest BCUT2D eigenvalue weighted by Crippen LogP contribution is -2.32. The van der Waals surface area contributed by atoms with Crippen LogP contribution in [-0.4, -0.2) is 42.2 Å². The number of carbonyl (C=O) groups is 3. The summed E-state index contributed by atoms with van der Waals surface area (Å²) in [6.45, 7) is 3.11. The molecular weight excluding hydrogens is 400 g/mol. The Morgan fingerprint density at radius 2 is 1.72 bits per heavy atom. The van der Waals surface area contributed by atoms with Gasteiger partial charge in [-0.15, -0.1) is 0 Å². The van der Waals surface area contributed by atoms with Gasteiger partial charge in [0.25, 0.3) is 5.91 Å². The summed E-state index contributed by atoms with van der Waals surface area (Å²) in [5.74, 6) is -3.19. The molecule has 2 aromatic rings. The van der Waals surface area contributed by atoms with E-state index in [0.29, 0.717) is 0 Å². The average molecular weight is 418 g/mol. The zero-order chi connectivity index (χ0) is 21.6. The SMILES string of the molecule is CC1(C)CS(=O)(=O)N(c2ccc(C(=O)Nc3ccc(O)c(C(=O)O)c3)cc2)C1=O. The fourth-order valence-electron chi connectivity index (χ4n) is 3.00. The number of anilines is 2. The predicted molar refractivity (Wildman–Crippen MR) is 105 cm³/mol. The summed E-state index contributed by atoms with van der Waals surface area (Å²) in [6.07, 6.45) is 0. The van der Waals surface area contributed by atoms with Crippen LogP contribution in [0.5, 0.6) is 5.75 Å². The van der Waals surface area contributed by atoms with Gasteiger partial charge in [0.05, 0.1) is 16.9 Å². The Hall–Kier alpha value is -3.40. The van der Waals surface area contributed by atoms with E-state index in [9.17, 15) is 27.9 Å². The van der Waals surface area contributed by atoms with Gasteiger partial charge in [0.1, 0.15) is 11.3 Å². The van der Waals surface area contributed by atoms with Crippen molar-refractivity contribution in [1.29, 1.82) is 0 Å². The Kier molecular flexibility index (Phi) is 4.83. The van der Waals surface area contributed by atoms with Crippen LogP contribution in [0.4, 0.5) is 11.4 Å². The van der Waals surface area contributed by atoms with Crippen molar-refractivity contribution in [3.05, 3.63) is 53.6 Å². The van der Waals surface area contributed by atoms with Crippen LogP contribution in [0.25, 0.3) is 0 Å². The number of carboxylic acid groups (broad SMARTS) is 1. The number of rotatable bonds is 4. The van der Waals surface area contributed by atoms with E-state index in [1.54, 1.807) is 13.8 Å². The fraction of sp³-hybridized carbons (Fsp3) is 0.211. The maximum Gasteiger partial charge on any atom is 0.339 e. The number of carboxylic acids is 1. The van der Waals surface area contributed by atoms with Gasteiger partial charge < -0.3 is 15.5 Å². The number of nitrogens with zero attached hydrogens (tertiary/aromatic N) is 1. The molecule has 2 aromatic carbocycles. The summed E-state index contributed by atoms with van der Waals surface area (Å²) < 4.78 is 25.4. The van der Waals surface area contributed by atoms with Crippen LogP contribution < -0.4 is 9.62 Å². The van der Waals surface area contributed by atoms with Crippen LogP contribution in [0, 0.1) is 5.41 Å². The van der Waals surface area contributed by atoms with Gasteiger partial charge in [0.15, 0.2) is 0 Å². The number of amides is 2. The van der Waals surface area contributed by atoms with Gasteiger partial charge in [0, 0.05) is 11.3 Å². The lowest BCUT2D eigenvalue weighted by atomic mass is 9.95. The zero-order valence-electron chi connectivity index (χ0n) is 15.5. The minimum Gasteiger partial charge on any atom is -0.507 e. The molecule has 2 amide bonds. The van der Waals surface area contributed by atoms with E-state index in [0.717, 1.165) is 16.4 Å². The molecule has 1 aliphatic heterocycles. The smallest absolute Gasteiger partial charge is 0.339 e. The monoisotopic (exact) mass is 418 g/mol. The van der Waals surface area contributed by atoms with Crippen molar-refractivity contribution in [3.8, 4) is 5.75 Å². The number of phenols is 1. The molecule has 0 spiro atoms. The maximum atomic E-state index is 12.4. The van der Waals surface area contributed by atoms with Crippen LogP contribution in [-0.2, 0) is 14.8 Å². The molecule has 1 saturated heterocycles. The van der Waals surface area contributed by atoms with Gasteiger partial charge in [-0.05, 0) is 56.3 Å². The molecule has 152 valence electrons. The van der Waals surface area contributed by atoms with Crippen molar-refractivity contribution in [3.63, 3.8) is 0 Å². The van der Waals surface area contributed by atoms with Gasteiger partial charge >= 0.3 is 5.97 Å². The second kappa shape index (κ2) is 6.89. The summed E-state index contributed by atoms with van der Waals surface area (Å²) in [5, 5.41) is 21.0. The summed E-state index contributed by atoms with van der Waals surface area (Å²) in [7, 11) is -3.79. The topological polar surface area (TPSA) is 141 Å². The molecule has 10 heteroatoms. The highest BCUT2D eigenvalue weighted by Crippen LogP contribution is 2.35. The average Bonchev–Trinajstić information content (AvgIpc) is 2.79. The molecule has 0 unspecified atom stereocenters. The van der Waals surface area contributed by atoms with E-state index < -0.39 is 39.0 Å². The van der Waals surface area contributed by atoms with Crippen LogP contribution in [0.1, 0.15) is 34.6 Å². The van der Waals surface area contributed by atoms with Crippen molar-refractivity contribution in [2.24, 2.45) is 5.41 Å². The summed E-state index contributed by atoms with van der Waals surface area (Å²) in [6, 6.07) is 9.02. The molecule has 3 N–H and O–H groups in total. The largest absolute Gasteiger partial charge is 0.507 e. The van der Waals surface area contributed by atoms with Gasteiger partial charge in [-0.25, -0.2) is 17.5 Å². The molecule has 0 bridgehead atoms. The van der Waals surface area contributed by atoms with Crippen LogP contribution >= 0.6 is 0 Å². The second-order valence-corrected chi connectivity index (χ2v) is 9.07.